The minimum Gasteiger partial charge on any atom is -0.490 e. The Bertz CT molecular complexity index is 476. The maximum Gasteiger partial charge on any atom is 0.157 e. The molecule has 0 radical (unpaired) electrons. The molecule has 1 aromatic carbocycles. The molecule has 1 aliphatic carbocycles. The molecule has 1 aliphatic heterocycles. The summed E-state index contributed by atoms with van der Waals surface area (Å²) >= 11 is 0. The van der Waals surface area contributed by atoms with Crippen molar-refractivity contribution in [2.24, 2.45) is 0 Å². The molecule has 3 nitrogen and oxygen atoms in total. The first-order chi connectivity index (χ1) is 9.42. The predicted molar refractivity (Wildman–Crippen MR) is 72.3 cm³/mol. The lowest BCUT2D eigenvalue weighted by molar-refractivity contribution is -0.0521. The minimum atomic E-state index is -0.00906. The van der Waals surface area contributed by atoms with Gasteiger partial charge in [0, 0.05) is 6.42 Å². The fourth-order valence-electron chi connectivity index (χ4n) is 2.24. The highest BCUT2D eigenvalue weighted by atomic mass is 16.6. The van der Waals surface area contributed by atoms with E-state index in [9.17, 15) is 0 Å². The Morgan fingerprint density at radius 1 is 1.21 bits per heavy atom. The molecule has 3 heteroatoms. The van der Waals surface area contributed by atoms with E-state index in [1.807, 2.05) is 24.3 Å². The molecule has 0 spiro atoms. The van der Waals surface area contributed by atoms with Gasteiger partial charge < -0.3 is 14.2 Å². The maximum absolute atomic E-state index is 5.87. The zero-order chi connectivity index (χ0) is 12.9. The second kappa shape index (κ2) is 5.93. The third-order valence-corrected chi connectivity index (χ3v) is 3.23. The number of ether oxygens (including phenoxy) is 3. The van der Waals surface area contributed by atoms with Gasteiger partial charge >= 0.3 is 0 Å². The van der Waals surface area contributed by atoms with Gasteiger partial charge in [0.05, 0.1) is 13.2 Å². The summed E-state index contributed by atoms with van der Waals surface area (Å²) in [6, 6.07) is 10.2. The van der Waals surface area contributed by atoms with Crippen molar-refractivity contribution < 1.29 is 14.2 Å². The topological polar surface area (TPSA) is 27.7 Å². The van der Waals surface area contributed by atoms with E-state index >= 15 is 0 Å². The highest BCUT2D eigenvalue weighted by Gasteiger charge is 2.23. The minimum absolute atomic E-state index is 0.00906. The summed E-state index contributed by atoms with van der Waals surface area (Å²) in [6.07, 6.45) is 6.10. The summed E-state index contributed by atoms with van der Waals surface area (Å²) < 4.78 is 17.3. The second-order valence-electron chi connectivity index (χ2n) is 4.78. The van der Waals surface area contributed by atoms with Gasteiger partial charge in [0.1, 0.15) is 12.4 Å². The molecule has 0 saturated carbocycles. The van der Waals surface area contributed by atoms with Gasteiger partial charge in [-0.2, -0.15) is 0 Å². The molecule has 100 valence electrons. The second-order valence-corrected chi connectivity index (χ2v) is 4.78. The summed E-state index contributed by atoms with van der Waals surface area (Å²) in [5.41, 5.74) is 1.18. The van der Waals surface area contributed by atoms with E-state index in [1.165, 1.54) is 5.56 Å². The van der Waals surface area contributed by atoms with Crippen molar-refractivity contribution in [2.75, 3.05) is 13.2 Å². The predicted octanol–water partition coefficient (Wildman–Crippen LogP) is 3.18. The first kappa shape index (κ1) is 12.3. The summed E-state index contributed by atoms with van der Waals surface area (Å²) in [6.45, 7) is 1.75. The number of hydrogen-bond acceptors (Lipinski definition) is 3. The Hall–Kier alpha value is -1.74. The van der Waals surface area contributed by atoms with E-state index in [0.717, 1.165) is 24.4 Å². The molecule has 19 heavy (non-hydrogen) atoms. The van der Waals surface area contributed by atoms with Gasteiger partial charge in [0.15, 0.2) is 11.9 Å². The molecule has 0 saturated heterocycles. The van der Waals surface area contributed by atoms with Crippen LogP contribution in [0.15, 0.2) is 54.0 Å². The first-order valence-corrected chi connectivity index (χ1v) is 6.72. The highest BCUT2D eigenvalue weighted by molar-refractivity contribution is 5.22. The van der Waals surface area contributed by atoms with Crippen LogP contribution in [0, 0.1) is 0 Å². The molecule has 1 heterocycles. The molecular formula is C16H18O3. The summed E-state index contributed by atoms with van der Waals surface area (Å²) in [5.74, 6) is 1.87. The maximum atomic E-state index is 5.87. The zero-order valence-electron chi connectivity index (χ0n) is 10.9. The van der Waals surface area contributed by atoms with E-state index in [0.29, 0.717) is 19.8 Å². The van der Waals surface area contributed by atoms with Crippen molar-refractivity contribution in [3.05, 3.63) is 59.6 Å². The molecule has 1 aromatic rings. The lowest BCUT2D eigenvalue weighted by Gasteiger charge is -2.29. The number of benzene rings is 1. The number of rotatable bonds is 4. The van der Waals surface area contributed by atoms with Crippen LogP contribution in [0.5, 0.6) is 0 Å². The quantitative estimate of drug-likeness (QED) is 0.830. The van der Waals surface area contributed by atoms with Crippen molar-refractivity contribution in [1.82, 2.24) is 0 Å². The van der Waals surface area contributed by atoms with Crippen LogP contribution in [0.3, 0.4) is 0 Å². The monoisotopic (exact) mass is 258 g/mol. The smallest absolute Gasteiger partial charge is 0.157 e. The number of hydrogen-bond donors (Lipinski definition) is 0. The Morgan fingerprint density at radius 2 is 2.11 bits per heavy atom. The van der Waals surface area contributed by atoms with Crippen molar-refractivity contribution in [3.63, 3.8) is 0 Å². The summed E-state index contributed by atoms with van der Waals surface area (Å²) in [5, 5.41) is 0. The van der Waals surface area contributed by atoms with Gasteiger partial charge in [-0.05, 0) is 18.1 Å². The zero-order valence-corrected chi connectivity index (χ0v) is 10.9. The largest absolute Gasteiger partial charge is 0.490 e. The van der Waals surface area contributed by atoms with Gasteiger partial charge in [0.25, 0.3) is 0 Å². The molecule has 0 fully saturated rings. The van der Waals surface area contributed by atoms with Gasteiger partial charge in [-0.1, -0.05) is 36.4 Å². The van der Waals surface area contributed by atoms with Crippen LogP contribution >= 0.6 is 0 Å². The molecule has 0 aromatic heterocycles. The molecule has 2 aliphatic rings. The Morgan fingerprint density at radius 3 is 3.00 bits per heavy atom. The Labute approximate surface area is 113 Å². The van der Waals surface area contributed by atoms with Crippen LogP contribution in [0.2, 0.25) is 0 Å². The SMILES string of the molecule is C1=CC2=C(CC1)OCC(COCc1ccccc1)O2. The molecule has 1 atom stereocenters. The molecule has 1 unspecified atom stereocenters. The standard InChI is InChI=1S/C16H18O3/c1-2-6-13(7-3-1)10-17-11-14-12-18-15-8-4-5-9-16(15)19-14/h1-3,5-7,9,14H,4,8,10-12H2. The van der Waals surface area contributed by atoms with Gasteiger partial charge in [-0.15, -0.1) is 0 Å². The Kier molecular flexibility index (Phi) is 3.84. The normalized spacial score (nSPS) is 21.6. The average molecular weight is 258 g/mol. The first-order valence-electron chi connectivity index (χ1n) is 6.72. The highest BCUT2D eigenvalue weighted by Crippen LogP contribution is 2.26. The lowest BCUT2D eigenvalue weighted by atomic mass is 10.1. The van der Waals surface area contributed by atoms with Crippen molar-refractivity contribution in [3.8, 4) is 0 Å². The molecule has 0 bridgehead atoms. The fraction of sp³-hybridized carbons (Fsp3) is 0.375. The van der Waals surface area contributed by atoms with Crippen LogP contribution in [0.25, 0.3) is 0 Å². The van der Waals surface area contributed by atoms with Crippen molar-refractivity contribution >= 4 is 0 Å². The Balaban J connectivity index is 1.47. The van der Waals surface area contributed by atoms with Gasteiger partial charge in [-0.25, -0.2) is 0 Å². The van der Waals surface area contributed by atoms with E-state index in [2.05, 4.69) is 18.2 Å². The number of allylic oxidation sites excluding steroid dienone is 3. The average Bonchev–Trinajstić information content (AvgIpc) is 2.48. The molecule has 0 amide bonds. The third-order valence-electron chi connectivity index (χ3n) is 3.23. The van der Waals surface area contributed by atoms with Gasteiger partial charge in [0.2, 0.25) is 0 Å². The molecule has 0 N–H and O–H groups in total. The molecular weight excluding hydrogens is 240 g/mol. The van der Waals surface area contributed by atoms with Crippen molar-refractivity contribution in [2.45, 2.75) is 25.6 Å². The van der Waals surface area contributed by atoms with E-state index in [4.69, 9.17) is 14.2 Å². The van der Waals surface area contributed by atoms with Crippen LogP contribution in [-0.2, 0) is 20.8 Å². The van der Waals surface area contributed by atoms with Crippen molar-refractivity contribution in [1.29, 1.82) is 0 Å². The van der Waals surface area contributed by atoms with E-state index in [-0.39, 0.29) is 6.10 Å². The van der Waals surface area contributed by atoms with Crippen LogP contribution < -0.4 is 0 Å². The van der Waals surface area contributed by atoms with E-state index < -0.39 is 0 Å². The van der Waals surface area contributed by atoms with E-state index in [1.54, 1.807) is 0 Å². The van der Waals surface area contributed by atoms with Crippen LogP contribution in [0.1, 0.15) is 18.4 Å². The lowest BCUT2D eigenvalue weighted by Crippen LogP contribution is -2.30. The van der Waals surface area contributed by atoms with Crippen LogP contribution in [-0.4, -0.2) is 19.3 Å². The summed E-state index contributed by atoms with van der Waals surface area (Å²) in [4.78, 5) is 0. The third kappa shape index (κ3) is 3.18. The molecule has 3 rings (SSSR count). The fourth-order valence-corrected chi connectivity index (χ4v) is 2.24. The summed E-state index contributed by atoms with van der Waals surface area (Å²) in [7, 11) is 0. The van der Waals surface area contributed by atoms with Crippen LogP contribution in [0.4, 0.5) is 0 Å². The van der Waals surface area contributed by atoms with Gasteiger partial charge in [-0.3, -0.25) is 0 Å².